The number of rotatable bonds is 6. The Balaban J connectivity index is 1.90. The van der Waals surface area contributed by atoms with Crippen LogP contribution < -0.4 is 5.32 Å². The van der Waals surface area contributed by atoms with Crippen molar-refractivity contribution in [2.45, 2.75) is 31.2 Å². The van der Waals surface area contributed by atoms with E-state index < -0.39 is 9.84 Å². The van der Waals surface area contributed by atoms with Gasteiger partial charge >= 0.3 is 0 Å². The van der Waals surface area contributed by atoms with Gasteiger partial charge in [-0.15, -0.1) is 11.8 Å². The smallest absolute Gasteiger partial charge is 0.233 e. The van der Waals surface area contributed by atoms with Crippen molar-refractivity contribution in [1.29, 1.82) is 0 Å². The number of nitrogens with one attached hydrogen (secondary N) is 1. The molecular formula is C16H22N2O4S2. The third-order valence-electron chi connectivity index (χ3n) is 3.85. The highest BCUT2D eigenvalue weighted by atomic mass is 32.2. The molecular weight excluding hydrogens is 348 g/mol. The minimum Gasteiger partial charge on any atom is -0.338 e. The van der Waals surface area contributed by atoms with Gasteiger partial charge in [0, 0.05) is 30.1 Å². The van der Waals surface area contributed by atoms with E-state index in [1.165, 1.54) is 18.7 Å². The molecule has 0 spiro atoms. The van der Waals surface area contributed by atoms with E-state index in [4.69, 9.17) is 0 Å². The monoisotopic (exact) mass is 370 g/mol. The Morgan fingerprint density at radius 3 is 2.46 bits per heavy atom. The molecule has 8 heteroatoms. The third kappa shape index (κ3) is 5.24. The van der Waals surface area contributed by atoms with Gasteiger partial charge in [0.1, 0.15) is 0 Å². The first-order chi connectivity index (χ1) is 11.3. The van der Waals surface area contributed by atoms with Crippen LogP contribution in [0.1, 0.15) is 20.3 Å². The van der Waals surface area contributed by atoms with Crippen molar-refractivity contribution in [3.05, 3.63) is 24.3 Å². The summed E-state index contributed by atoms with van der Waals surface area (Å²) in [5.74, 6) is 0.331. The van der Waals surface area contributed by atoms with Gasteiger partial charge in [0.15, 0.2) is 9.84 Å². The summed E-state index contributed by atoms with van der Waals surface area (Å²) in [5.41, 5.74) is 0.713. The molecule has 0 bridgehead atoms. The van der Waals surface area contributed by atoms with Crippen molar-refractivity contribution in [2.75, 3.05) is 29.1 Å². The zero-order valence-electron chi connectivity index (χ0n) is 13.8. The van der Waals surface area contributed by atoms with E-state index in [0.717, 1.165) is 4.90 Å². The normalized spacial score (nSPS) is 19.0. The Morgan fingerprint density at radius 2 is 1.96 bits per heavy atom. The van der Waals surface area contributed by atoms with Crippen molar-refractivity contribution < 1.29 is 18.0 Å². The van der Waals surface area contributed by atoms with Crippen molar-refractivity contribution >= 4 is 39.1 Å². The molecule has 1 saturated heterocycles. The van der Waals surface area contributed by atoms with Crippen LogP contribution in [-0.2, 0) is 19.4 Å². The molecule has 1 aromatic carbocycles. The molecule has 1 atom stereocenters. The second kappa shape index (κ2) is 8.02. The van der Waals surface area contributed by atoms with Crippen LogP contribution in [0.25, 0.3) is 0 Å². The Bertz CT molecular complexity index is 701. The topological polar surface area (TPSA) is 83.6 Å². The molecule has 24 heavy (non-hydrogen) atoms. The first-order valence-corrected chi connectivity index (χ1v) is 10.6. The van der Waals surface area contributed by atoms with E-state index in [1.807, 2.05) is 19.1 Å². The van der Waals surface area contributed by atoms with Crippen LogP contribution in [0.5, 0.6) is 0 Å². The highest BCUT2D eigenvalue weighted by molar-refractivity contribution is 8.00. The molecule has 0 aromatic heterocycles. The number of carbonyl (C=O) groups excluding carboxylic acids is 2. The summed E-state index contributed by atoms with van der Waals surface area (Å²) in [5, 5.41) is 2.69. The highest BCUT2D eigenvalue weighted by Crippen LogP contribution is 2.23. The largest absolute Gasteiger partial charge is 0.338 e. The lowest BCUT2D eigenvalue weighted by molar-refractivity contribution is -0.129. The van der Waals surface area contributed by atoms with E-state index in [0.29, 0.717) is 18.7 Å². The molecule has 2 rings (SSSR count). The van der Waals surface area contributed by atoms with Crippen LogP contribution in [-0.4, -0.2) is 55.0 Å². The quantitative estimate of drug-likeness (QED) is 0.772. The third-order valence-corrected chi connectivity index (χ3v) is 6.59. The predicted molar refractivity (Wildman–Crippen MR) is 95.9 cm³/mol. The molecule has 1 aliphatic heterocycles. The molecule has 0 aliphatic carbocycles. The number of benzene rings is 1. The fourth-order valence-corrected chi connectivity index (χ4v) is 5.24. The maximum atomic E-state index is 12.4. The molecule has 2 amide bonds. The number of hydrogen-bond donors (Lipinski definition) is 1. The van der Waals surface area contributed by atoms with Crippen LogP contribution >= 0.6 is 11.8 Å². The molecule has 1 aromatic rings. The number of anilines is 1. The van der Waals surface area contributed by atoms with Crippen LogP contribution in [0.2, 0.25) is 0 Å². The minimum absolute atomic E-state index is 0.0458. The van der Waals surface area contributed by atoms with Gasteiger partial charge in [0.05, 0.1) is 17.3 Å². The van der Waals surface area contributed by atoms with Crippen LogP contribution in [0.3, 0.4) is 0 Å². The second-order valence-electron chi connectivity index (χ2n) is 5.73. The van der Waals surface area contributed by atoms with Gasteiger partial charge in [-0.1, -0.05) is 0 Å². The fourth-order valence-electron chi connectivity index (χ4n) is 2.73. The lowest BCUT2D eigenvalue weighted by Gasteiger charge is -2.26. The van der Waals surface area contributed by atoms with E-state index in [-0.39, 0.29) is 35.1 Å². The zero-order chi connectivity index (χ0) is 17.7. The van der Waals surface area contributed by atoms with E-state index in [2.05, 4.69) is 5.32 Å². The standard InChI is InChI=1S/C16H22N2O4S2/c1-3-18(14-8-9-24(21,22)11-14)16(20)10-23-15-6-4-13(5-7-15)17-12(2)19/h4-7,14H,3,8-11H2,1-2H3,(H,17,19). The van der Waals surface area contributed by atoms with Gasteiger partial charge in [-0.05, 0) is 37.6 Å². The Hall–Kier alpha value is -1.54. The molecule has 1 fully saturated rings. The summed E-state index contributed by atoms with van der Waals surface area (Å²) in [7, 11) is -3.00. The summed E-state index contributed by atoms with van der Waals surface area (Å²) in [4.78, 5) is 26.0. The zero-order valence-corrected chi connectivity index (χ0v) is 15.5. The number of sulfone groups is 1. The molecule has 6 nitrogen and oxygen atoms in total. The van der Waals surface area contributed by atoms with Crippen LogP contribution in [0.15, 0.2) is 29.2 Å². The number of amides is 2. The van der Waals surface area contributed by atoms with Gasteiger partial charge in [0.2, 0.25) is 11.8 Å². The summed E-state index contributed by atoms with van der Waals surface area (Å²) >= 11 is 1.41. The summed E-state index contributed by atoms with van der Waals surface area (Å²) in [6, 6.07) is 7.07. The Labute approximate surface area is 146 Å². The molecule has 1 aliphatic rings. The van der Waals surface area contributed by atoms with Crippen molar-refractivity contribution in [1.82, 2.24) is 4.90 Å². The van der Waals surface area contributed by atoms with Gasteiger partial charge < -0.3 is 10.2 Å². The number of hydrogen-bond acceptors (Lipinski definition) is 5. The van der Waals surface area contributed by atoms with Gasteiger partial charge in [0.25, 0.3) is 0 Å². The Morgan fingerprint density at radius 1 is 1.29 bits per heavy atom. The first-order valence-electron chi connectivity index (χ1n) is 7.81. The SMILES string of the molecule is CCN(C(=O)CSc1ccc(NC(C)=O)cc1)C1CCS(=O)(=O)C1. The molecule has 1 N–H and O–H groups in total. The van der Waals surface area contributed by atoms with E-state index >= 15 is 0 Å². The Kier molecular flexibility index (Phi) is 6.28. The lowest BCUT2D eigenvalue weighted by atomic mass is 10.2. The average molecular weight is 370 g/mol. The number of thioether (sulfide) groups is 1. The predicted octanol–water partition coefficient (Wildman–Crippen LogP) is 1.77. The summed E-state index contributed by atoms with van der Waals surface area (Å²) in [6.45, 7) is 3.83. The minimum atomic E-state index is -3.00. The second-order valence-corrected chi connectivity index (χ2v) is 9.01. The van der Waals surface area contributed by atoms with Gasteiger partial charge in [-0.2, -0.15) is 0 Å². The maximum Gasteiger partial charge on any atom is 0.233 e. The van der Waals surface area contributed by atoms with Gasteiger partial charge in [-0.25, -0.2) is 8.42 Å². The molecule has 132 valence electrons. The van der Waals surface area contributed by atoms with Gasteiger partial charge in [-0.3, -0.25) is 9.59 Å². The first kappa shape index (κ1) is 18.8. The van der Waals surface area contributed by atoms with Crippen molar-refractivity contribution in [2.24, 2.45) is 0 Å². The van der Waals surface area contributed by atoms with Crippen molar-refractivity contribution in [3.8, 4) is 0 Å². The fraction of sp³-hybridized carbons (Fsp3) is 0.500. The van der Waals surface area contributed by atoms with Crippen LogP contribution in [0, 0.1) is 0 Å². The summed E-state index contributed by atoms with van der Waals surface area (Å²) in [6.07, 6.45) is 0.526. The molecule has 1 unspecified atom stereocenters. The van der Waals surface area contributed by atoms with E-state index in [9.17, 15) is 18.0 Å². The number of carbonyl (C=O) groups is 2. The molecule has 1 heterocycles. The molecule has 0 radical (unpaired) electrons. The van der Waals surface area contributed by atoms with Crippen molar-refractivity contribution in [3.63, 3.8) is 0 Å². The maximum absolute atomic E-state index is 12.4. The van der Waals surface area contributed by atoms with Crippen LogP contribution in [0.4, 0.5) is 5.69 Å². The summed E-state index contributed by atoms with van der Waals surface area (Å²) < 4.78 is 23.2. The molecule has 0 saturated carbocycles. The lowest BCUT2D eigenvalue weighted by Crippen LogP contribution is -2.41. The number of nitrogens with zero attached hydrogens (tertiary/aromatic N) is 1. The average Bonchev–Trinajstić information content (AvgIpc) is 2.86. The highest BCUT2D eigenvalue weighted by Gasteiger charge is 2.33. The van der Waals surface area contributed by atoms with E-state index in [1.54, 1.807) is 17.0 Å².